The lowest BCUT2D eigenvalue weighted by Crippen LogP contribution is -2.19. The Labute approximate surface area is 100 Å². The summed E-state index contributed by atoms with van der Waals surface area (Å²) >= 11 is 0. The normalized spacial score (nSPS) is 25.3. The fraction of sp³-hybridized carbons (Fsp3) is 0.538. The monoisotopic (exact) mass is 236 g/mol. The highest BCUT2D eigenvalue weighted by Crippen LogP contribution is 2.44. The topological polar surface area (TPSA) is 52.6 Å². The van der Waals surface area contributed by atoms with Crippen molar-refractivity contribution in [2.24, 2.45) is 11.8 Å². The zero-order chi connectivity index (χ0) is 12.4. The second-order valence-corrected chi connectivity index (χ2v) is 4.10. The van der Waals surface area contributed by atoms with Crippen molar-refractivity contribution in [1.82, 2.24) is 0 Å². The van der Waals surface area contributed by atoms with Crippen LogP contribution in [0, 0.1) is 11.8 Å². The van der Waals surface area contributed by atoms with Crippen molar-refractivity contribution in [2.45, 2.75) is 20.3 Å². The highest BCUT2D eigenvalue weighted by Gasteiger charge is 2.42. The van der Waals surface area contributed by atoms with Gasteiger partial charge in [-0.25, -0.2) is 9.59 Å². The molecule has 0 radical (unpaired) electrons. The number of ether oxygens (including phenoxy) is 2. The molecule has 0 saturated heterocycles. The molecule has 92 valence electrons. The molecule has 0 aromatic carbocycles. The number of rotatable bonds is 4. The van der Waals surface area contributed by atoms with Gasteiger partial charge in [-0.2, -0.15) is 0 Å². The Morgan fingerprint density at radius 1 is 1.06 bits per heavy atom. The van der Waals surface area contributed by atoms with Crippen LogP contribution in [-0.2, 0) is 19.1 Å². The van der Waals surface area contributed by atoms with Gasteiger partial charge in [-0.15, -0.1) is 0 Å². The highest BCUT2D eigenvalue weighted by molar-refractivity contribution is 6.03. The Kier molecular flexibility index (Phi) is 3.31. The van der Waals surface area contributed by atoms with E-state index in [0.29, 0.717) is 24.4 Å². The average Bonchev–Trinajstić information content (AvgIpc) is 2.89. The van der Waals surface area contributed by atoms with Crippen molar-refractivity contribution in [2.75, 3.05) is 13.2 Å². The zero-order valence-electron chi connectivity index (χ0n) is 10.1. The molecule has 2 unspecified atom stereocenters. The maximum absolute atomic E-state index is 11.8. The number of carbonyl (C=O) groups excluding carboxylic acids is 2. The smallest absolute Gasteiger partial charge is 0.335 e. The molecule has 0 aliphatic heterocycles. The Bertz CT molecular complexity index is 370. The van der Waals surface area contributed by atoms with Gasteiger partial charge in [-0.1, -0.05) is 12.2 Å². The first-order valence-corrected chi connectivity index (χ1v) is 5.95. The van der Waals surface area contributed by atoms with Crippen LogP contribution < -0.4 is 0 Å². The Hall–Kier alpha value is -1.58. The fourth-order valence-corrected chi connectivity index (χ4v) is 2.47. The van der Waals surface area contributed by atoms with Gasteiger partial charge in [-0.3, -0.25) is 0 Å². The van der Waals surface area contributed by atoms with E-state index >= 15 is 0 Å². The van der Waals surface area contributed by atoms with Gasteiger partial charge in [0.25, 0.3) is 0 Å². The standard InChI is InChI=1S/C13H16O4/c1-3-16-12(14)10-8-5-6-9(7-8)11(10)13(15)17-4-2/h5-6,8-9H,3-4,7H2,1-2H3. The van der Waals surface area contributed by atoms with Crippen LogP contribution in [0.1, 0.15) is 20.3 Å². The molecule has 0 aromatic rings. The van der Waals surface area contributed by atoms with Crippen molar-refractivity contribution in [1.29, 1.82) is 0 Å². The van der Waals surface area contributed by atoms with Gasteiger partial charge < -0.3 is 9.47 Å². The molecule has 17 heavy (non-hydrogen) atoms. The summed E-state index contributed by atoms with van der Waals surface area (Å²) < 4.78 is 10.00. The summed E-state index contributed by atoms with van der Waals surface area (Å²) in [4.78, 5) is 23.7. The van der Waals surface area contributed by atoms with Crippen LogP contribution in [0.2, 0.25) is 0 Å². The molecule has 2 bridgehead atoms. The molecule has 0 fully saturated rings. The summed E-state index contributed by atoms with van der Waals surface area (Å²) in [6, 6.07) is 0. The molecule has 2 rings (SSSR count). The first-order valence-electron chi connectivity index (χ1n) is 5.95. The molecular formula is C13H16O4. The summed E-state index contributed by atoms with van der Waals surface area (Å²) in [6.07, 6.45) is 4.74. The SMILES string of the molecule is CCOC(=O)C1=C(C(=O)OCC)C2C=CC1C2. The van der Waals surface area contributed by atoms with E-state index in [-0.39, 0.29) is 23.8 Å². The van der Waals surface area contributed by atoms with E-state index in [0.717, 1.165) is 6.42 Å². The van der Waals surface area contributed by atoms with Crippen molar-refractivity contribution in [3.05, 3.63) is 23.3 Å². The third-order valence-corrected chi connectivity index (χ3v) is 3.11. The van der Waals surface area contributed by atoms with E-state index in [1.807, 2.05) is 12.2 Å². The molecule has 0 N–H and O–H groups in total. The number of hydrogen-bond donors (Lipinski definition) is 0. The van der Waals surface area contributed by atoms with Gasteiger partial charge in [0.1, 0.15) is 0 Å². The van der Waals surface area contributed by atoms with E-state index < -0.39 is 0 Å². The predicted molar refractivity (Wildman–Crippen MR) is 61.0 cm³/mol. The van der Waals surface area contributed by atoms with Crippen molar-refractivity contribution >= 4 is 11.9 Å². The Balaban J connectivity index is 2.28. The lowest BCUT2D eigenvalue weighted by atomic mass is 9.97. The van der Waals surface area contributed by atoms with E-state index in [9.17, 15) is 9.59 Å². The summed E-state index contributed by atoms with van der Waals surface area (Å²) in [5.74, 6) is -0.711. The minimum absolute atomic E-state index is 0.0263. The minimum atomic E-state index is -0.382. The maximum atomic E-state index is 11.8. The van der Waals surface area contributed by atoms with Gasteiger partial charge in [0.15, 0.2) is 0 Å². The fourth-order valence-electron chi connectivity index (χ4n) is 2.47. The molecule has 4 nitrogen and oxygen atoms in total. The van der Waals surface area contributed by atoms with Crippen molar-refractivity contribution < 1.29 is 19.1 Å². The number of esters is 2. The zero-order valence-corrected chi connectivity index (χ0v) is 10.1. The van der Waals surface area contributed by atoms with Crippen LogP contribution in [0.25, 0.3) is 0 Å². The third kappa shape index (κ3) is 1.99. The quantitative estimate of drug-likeness (QED) is 0.549. The molecule has 2 aliphatic carbocycles. The first kappa shape index (κ1) is 11.9. The number of fused-ring (bicyclic) bond motifs is 2. The molecule has 0 spiro atoms. The third-order valence-electron chi connectivity index (χ3n) is 3.11. The number of allylic oxidation sites excluding steroid dienone is 2. The van der Waals surface area contributed by atoms with Gasteiger partial charge in [0.2, 0.25) is 0 Å². The molecule has 0 amide bonds. The van der Waals surface area contributed by atoms with E-state index in [4.69, 9.17) is 9.47 Å². The van der Waals surface area contributed by atoms with Crippen LogP contribution in [0.15, 0.2) is 23.3 Å². The molecule has 4 heteroatoms. The van der Waals surface area contributed by atoms with Crippen LogP contribution >= 0.6 is 0 Å². The van der Waals surface area contributed by atoms with E-state index in [1.54, 1.807) is 13.8 Å². The van der Waals surface area contributed by atoms with Crippen molar-refractivity contribution in [3.63, 3.8) is 0 Å². The van der Waals surface area contributed by atoms with E-state index in [1.165, 1.54) is 0 Å². The Morgan fingerprint density at radius 3 is 1.82 bits per heavy atom. The molecule has 0 saturated carbocycles. The first-order chi connectivity index (χ1) is 8.19. The Morgan fingerprint density at radius 2 is 1.47 bits per heavy atom. The average molecular weight is 236 g/mol. The second kappa shape index (κ2) is 4.73. The van der Waals surface area contributed by atoms with Crippen LogP contribution in [0.5, 0.6) is 0 Å². The molecule has 2 aliphatic rings. The summed E-state index contributed by atoms with van der Waals surface area (Å²) in [6.45, 7) is 4.15. The molecule has 0 aromatic heterocycles. The molecule has 2 atom stereocenters. The lowest BCUT2D eigenvalue weighted by molar-refractivity contribution is -0.142. The largest absolute Gasteiger partial charge is 0.463 e. The summed E-state index contributed by atoms with van der Waals surface area (Å²) in [5.41, 5.74) is 0.996. The van der Waals surface area contributed by atoms with Gasteiger partial charge in [-0.05, 0) is 20.3 Å². The van der Waals surface area contributed by atoms with Gasteiger partial charge in [0.05, 0.1) is 24.4 Å². The predicted octanol–water partition coefficient (Wildman–Crippen LogP) is 1.62. The maximum Gasteiger partial charge on any atom is 0.335 e. The number of carbonyl (C=O) groups is 2. The second-order valence-electron chi connectivity index (χ2n) is 4.10. The van der Waals surface area contributed by atoms with Crippen molar-refractivity contribution in [3.8, 4) is 0 Å². The summed E-state index contributed by atoms with van der Waals surface area (Å²) in [5, 5.41) is 0. The molecular weight excluding hydrogens is 220 g/mol. The number of hydrogen-bond acceptors (Lipinski definition) is 4. The van der Waals surface area contributed by atoms with E-state index in [2.05, 4.69) is 0 Å². The van der Waals surface area contributed by atoms with Gasteiger partial charge in [0, 0.05) is 11.8 Å². The van der Waals surface area contributed by atoms with Crippen LogP contribution in [-0.4, -0.2) is 25.2 Å². The van der Waals surface area contributed by atoms with Crippen LogP contribution in [0.4, 0.5) is 0 Å². The van der Waals surface area contributed by atoms with Crippen LogP contribution in [0.3, 0.4) is 0 Å². The minimum Gasteiger partial charge on any atom is -0.463 e. The molecule has 0 heterocycles. The lowest BCUT2D eigenvalue weighted by Gasteiger charge is -2.13. The summed E-state index contributed by atoms with van der Waals surface area (Å²) in [7, 11) is 0. The van der Waals surface area contributed by atoms with Gasteiger partial charge >= 0.3 is 11.9 Å². The highest BCUT2D eigenvalue weighted by atomic mass is 16.5.